The third-order valence-electron chi connectivity index (χ3n) is 2.32. The molecule has 0 saturated carbocycles. The number of nitrogens with one attached hydrogen (secondary N) is 1. The fourth-order valence-corrected chi connectivity index (χ4v) is 1.95. The molecule has 1 aromatic rings. The van der Waals surface area contributed by atoms with Gasteiger partial charge < -0.3 is 5.32 Å². The fourth-order valence-electron chi connectivity index (χ4n) is 1.45. The molecule has 0 heterocycles. The molecule has 0 aliphatic carbocycles. The second-order valence-corrected chi connectivity index (χ2v) is 5.08. The Kier molecular flexibility index (Phi) is 5.48. The molecule has 0 aliphatic rings. The van der Waals surface area contributed by atoms with Crippen molar-refractivity contribution in [3.8, 4) is 0 Å². The quantitative estimate of drug-likeness (QED) is 0.796. The third kappa shape index (κ3) is 4.43. The number of benzene rings is 1. The Balaban J connectivity index is 2.53. The van der Waals surface area contributed by atoms with Crippen molar-refractivity contribution >= 4 is 33.2 Å². The minimum absolute atomic E-state index is 0.512. The van der Waals surface area contributed by atoms with Crippen LogP contribution >= 0.6 is 27.5 Å². The summed E-state index contributed by atoms with van der Waals surface area (Å²) in [5.74, 6) is 0. The van der Waals surface area contributed by atoms with Gasteiger partial charge in [-0.05, 0) is 47.5 Å². The van der Waals surface area contributed by atoms with Crippen LogP contribution in [0.1, 0.15) is 33.1 Å². The summed E-state index contributed by atoms with van der Waals surface area (Å²) in [5.41, 5.74) is 1.12. The summed E-state index contributed by atoms with van der Waals surface area (Å²) in [6.07, 6.45) is 3.72. The van der Waals surface area contributed by atoms with E-state index in [0.29, 0.717) is 6.04 Å². The maximum absolute atomic E-state index is 5.93. The van der Waals surface area contributed by atoms with Crippen LogP contribution in [-0.2, 0) is 0 Å². The van der Waals surface area contributed by atoms with Gasteiger partial charge in [0.25, 0.3) is 0 Å². The Morgan fingerprint density at radius 1 is 1.47 bits per heavy atom. The van der Waals surface area contributed by atoms with E-state index < -0.39 is 0 Å². The van der Waals surface area contributed by atoms with Crippen molar-refractivity contribution < 1.29 is 0 Å². The molecule has 0 bridgehead atoms. The highest BCUT2D eigenvalue weighted by molar-refractivity contribution is 9.10. The van der Waals surface area contributed by atoms with Crippen LogP contribution in [0.4, 0.5) is 5.69 Å². The first-order valence-corrected chi connectivity index (χ1v) is 6.52. The van der Waals surface area contributed by atoms with Gasteiger partial charge in [0.05, 0.1) is 5.02 Å². The molecule has 84 valence electrons. The highest BCUT2D eigenvalue weighted by Gasteiger charge is 2.03. The van der Waals surface area contributed by atoms with Crippen LogP contribution in [0.25, 0.3) is 0 Å². The molecule has 1 aromatic carbocycles. The van der Waals surface area contributed by atoms with E-state index in [1.54, 1.807) is 0 Å². The topological polar surface area (TPSA) is 12.0 Å². The lowest BCUT2D eigenvalue weighted by molar-refractivity contribution is 0.645. The molecule has 1 rings (SSSR count). The lowest BCUT2D eigenvalue weighted by atomic mass is 10.1. The molecule has 0 aliphatic heterocycles. The Morgan fingerprint density at radius 3 is 2.80 bits per heavy atom. The molecule has 1 N–H and O–H groups in total. The van der Waals surface area contributed by atoms with Crippen molar-refractivity contribution in [3.63, 3.8) is 0 Å². The summed E-state index contributed by atoms with van der Waals surface area (Å²) in [6.45, 7) is 4.42. The zero-order chi connectivity index (χ0) is 11.3. The van der Waals surface area contributed by atoms with Gasteiger partial charge in [0.1, 0.15) is 0 Å². The molecule has 0 saturated heterocycles. The zero-order valence-electron chi connectivity index (χ0n) is 9.19. The first-order chi connectivity index (χ1) is 7.13. The van der Waals surface area contributed by atoms with Gasteiger partial charge >= 0.3 is 0 Å². The van der Waals surface area contributed by atoms with E-state index in [9.17, 15) is 0 Å². The molecular weight excluding hydrogens is 273 g/mol. The van der Waals surface area contributed by atoms with Crippen LogP contribution in [0.15, 0.2) is 22.7 Å². The summed E-state index contributed by atoms with van der Waals surface area (Å²) >= 11 is 9.34. The van der Waals surface area contributed by atoms with Crippen molar-refractivity contribution in [2.75, 3.05) is 5.32 Å². The standard InChI is InChI=1S/C12H17BrClN/c1-3-4-5-9(2)15-10-6-7-12(14)11(13)8-10/h6-9,15H,3-5H2,1-2H3. The molecule has 0 spiro atoms. The molecule has 0 radical (unpaired) electrons. The number of hydrogen-bond acceptors (Lipinski definition) is 1. The summed E-state index contributed by atoms with van der Waals surface area (Å²) < 4.78 is 0.942. The normalized spacial score (nSPS) is 12.5. The molecule has 15 heavy (non-hydrogen) atoms. The van der Waals surface area contributed by atoms with Crippen molar-refractivity contribution in [3.05, 3.63) is 27.7 Å². The Hall–Kier alpha value is -0.210. The van der Waals surface area contributed by atoms with Crippen LogP contribution < -0.4 is 5.32 Å². The van der Waals surface area contributed by atoms with Crippen LogP contribution in [0.2, 0.25) is 5.02 Å². The van der Waals surface area contributed by atoms with E-state index in [1.807, 2.05) is 18.2 Å². The lowest BCUT2D eigenvalue weighted by Crippen LogP contribution is -2.14. The number of hydrogen-bond donors (Lipinski definition) is 1. The highest BCUT2D eigenvalue weighted by atomic mass is 79.9. The molecule has 0 fully saturated rings. The molecule has 1 atom stereocenters. The van der Waals surface area contributed by atoms with E-state index in [1.165, 1.54) is 19.3 Å². The zero-order valence-corrected chi connectivity index (χ0v) is 11.5. The van der Waals surface area contributed by atoms with Crippen molar-refractivity contribution in [2.24, 2.45) is 0 Å². The molecule has 0 amide bonds. The fraction of sp³-hybridized carbons (Fsp3) is 0.500. The van der Waals surface area contributed by atoms with E-state index in [4.69, 9.17) is 11.6 Å². The molecular formula is C12H17BrClN. The summed E-state index contributed by atoms with van der Waals surface area (Å²) in [7, 11) is 0. The van der Waals surface area contributed by atoms with Gasteiger partial charge in [-0.2, -0.15) is 0 Å². The predicted molar refractivity (Wildman–Crippen MR) is 71.8 cm³/mol. The second kappa shape index (κ2) is 6.39. The van der Waals surface area contributed by atoms with Gasteiger partial charge in [0.15, 0.2) is 0 Å². The van der Waals surface area contributed by atoms with Gasteiger partial charge in [-0.1, -0.05) is 31.4 Å². The SMILES string of the molecule is CCCCC(C)Nc1ccc(Cl)c(Br)c1. The maximum atomic E-state index is 5.93. The van der Waals surface area contributed by atoms with Crippen LogP contribution in [0.3, 0.4) is 0 Å². The Morgan fingerprint density at radius 2 is 2.20 bits per heavy atom. The minimum atomic E-state index is 0.512. The van der Waals surface area contributed by atoms with Crippen molar-refractivity contribution in [2.45, 2.75) is 39.2 Å². The highest BCUT2D eigenvalue weighted by Crippen LogP contribution is 2.26. The van der Waals surface area contributed by atoms with Gasteiger partial charge in [0.2, 0.25) is 0 Å². The lowest BCUT2D eigenvalue weighted by Gasteiger charge is -2.15. The van der Waals surface area contributed by atoms with E-state index in [2.05, 4.69) is 35.1 Å². The van der Waals surface area contributed by atoms with Crippen LogP contribution in [0.5, 0.6) is 0 Å². The second-order valence-electron chi connectivity index (χ2n) is 3.82. The minimum Gasteiger partial charge on any atom is -0.383 e. The molecule has 1 nitrogen and oxygen atoms in total. The monoisotopic (exact) mass is 289 g/mol. The van der Waals surface area contributed by atoms with Crippen LogP contribution in [-0.4, -0.2) is 6.04 Å². The first kappa shape index (κ1) is 12.9. The molecule has 3 heteroatoms. The van der Waals surface area contributed by atoms with Gasteiger partial charge in [0, 0.05) is 16.2 Å². The first-order valence-electron chi connectivity index (χ1n) is 5.35. The van der Waals surface area contributed by atoms with Gasteiger partial charge in [-0.3, -0.25) is 0 Å². The largest absolute Gasteiger partial charge is 0.383 e. The summed E-state index contributed by atoms with van der Waals surface area (Å²) in [6, 6.07) is 6.44. The van der Waals surface area contributed by atoms with Gasteiger partial charge in [-0.15, -0.1) is 0 Å². The summed E-state index contributed by atoms with van der Waals surface area (Å²) in [5, 5.41) is 4.21. The molecule has 0 aromatic heterocycles. The van der Waals surface area contributed by atoms with E-state index >= 15 is 0 Å². The van der Waals surface area contributed by atoms with Gasteiger partial charge in [-0.25, -0.2) is 0 Å². The Bertz CT molecular complexity index is 314. The maximum Gasteiger partial charge on any atom is 0.0549 e. The third-order valence-corrected chi connectivity index (χ3v) is 3.54. The van der Waals surface area contributed by atoms with Crippen molar-refractivity contribution in [1.82, 2.24) is 0 Å². The smallest absolute Gasteiger partial charge is 0.0549 e. The number of anilines is 1. The average Bonchev–Trinajstić information content (AvgIpc) is 2.20. The van der Waals surface area contributed by atoms with Crippen molar-refractivity contribution in [1.29, 1.82) is 0 Å². The van der Waals surface area contributed by atoms with E-state index in [-0.39, 0.29) is 0 Å². The summed E-state index contributed by atoms with van der Waals surface area (Å²) in [4.78, 5) is 0. The number of halogens is 2. The number of unbranched alkanes of at least 4 members (excludes halogenated alkanes) is 1. The number of rotatable bonds is 5. The van der Waals surface area contributed by atoms with Crippen LogP contribution in [0, 0.1) is 0 Å². The predicted octanol–water partition coefficient (Wildman–Crippen LogP) is 5.09. The Labute approximate surface area is 105 Å². The average molecular weight is 291 g/mol. The molecule has 1 unspecified atom stereocenters. The van der Waals surface area contributed by atoms with E-state index in [0.717, 1.165) is 15.2 Å².